The second-order valence-corrected chi connectivity index (χ2v) is 4.99. The average molecular weight is 266 g/mol. The van der Waals surface area contributed by atoms with Crippen LogP contribution in [0.3, 0.4) is 0 Å². The first kappa shape index (κ1) is 13.1. The summed E-state index contributed by atoms with van der Waals surface area (Å²) in [4.78, 5) is 4.40. The first-order valence-electron chi connectivity index (χ1n) is 5.91. The van der Waals surface area contributed by atoms with Crippen molar-refractivity contribution in [1.29, 1.82) is 0 Å². The van der Waals surface area contributed by atoms with Gasteiger partial charge in [-0.15, -0.1) is 0 Å². The van der Waals surface area contributed by atoms with Gasteiger partial charge in [0, 0.05) is 17.1 Å². The van der Waals surface area contributed by atoms with Crippen molar-refractivity contribution in [2.45, 2.75) is 19.8 Å². The predicted octanol–water partition coefficient (Wildman–Crippen LogP) is 3.09. The van der Waals surface area contributed by atoms with Crippen LogP contribution in [-0.4, -0.2) is 16.7 Å². The predicted molar refractivity (Wildman–Crippen MR) is 71.4 cm³/mol. The summed E-state index contributed by atoms with van der Waals surface area (Å²) in [5.74, 6) is 1.59. The summed E-state index contributed by atoms with van der Waals surface area (Å²) in [7, 11) is 0. The first-order chi connectivity index (χ1) is 8.61. The fourth-order valence-electron chi connectivity index (χ4n) is 1.79. The van der Waals surface area contributed by atoms with Crippen molar-refractivity contribution < 1.29 is 4.52 Å². The molecule has 1 unspecified atom stereocenters. The molecule has 4 nitrogen and oxygen atoms in total. The molecule has 0 radical (unpaired) electrons. The average Bonchev–Trinajstić information content (AvgIpc) is 2.79. The van der Waals surface area contributed by atoms with E-state index in [-0.39, 0.29) is 5.92 Å². The lowest BCUT2D eigenvalue weighted by molar-refractivity contribution is 0.324. The maximum atomic E-state index is 5.94. The van der Waals surface area contributed by atoms with Crippen molar-refractivity contribution in [3.63, 3.8) is 0 Å². The molecule has 96 valence electrons. The molecule has 1 aromatic carbocycles. The third kappa shape index (κ3) is 2.71. The molecule has 18 heavy (non-hydrogen) atoms. The number of nitrogens with two attached hydrogens (primary N) is 1. The number of hydrogen-bond donors (Lipinski definition) is 1. The van der Waals surface area contributed by atoms with Gasteiger partial charge in [-0.2, -0.15) is 4.98 Å². The largest absolute Gasteiger partial charge is 0.339 e. The summed E-state index contributed by atoms with van der Waals surface area (Å²) in [5.41, 5.74) is 6.57. The van der Waals surface area contributed by atoms with Crippen LogP contribution < -0.4 is 5.73 Å². The molecule has 0 bridgehead atoms. The number of halogens is 1. The van der Waals surface area contributed by atoms with E-state index < -0.39 is 0 Å². The van der Waals surface area contributed by atoms with Crippen LogP contribution in [0.15, 0.2) is 28.8 Å². The minimum atomic E-state index is 0.0884. The van der Waals surface area contributed by atoms with E-state index in [0.29, 0.717) is 29.2 Å². The maximum absolute atomic E-state index is 5.94. The number of rotatable bonds is 4. The van der Waals surface area contributed by atoms with Gasteiger partial charge in [-0.1, -0.05) is 42.7 Å². The highest BCUT2D eigenvalue weighted by molar-refractivity contribution is 6.30. The highest BCUT2D eigenvalue weighted by Gasteiger charge is 2.21. The molecule has 0 saturated carbocycles. The maximum Gasteiger partial charge on any atom is 0.231 e. The van der Waals surface area contributed by atoms with Crippen molar-refractivity contribution >= 4 is 11.6 Å². The van der Waals surface area contributed by atoms with Crippen molar-refractivity contribution in [2.24, 2.45) is 11.7 Å². The van der Waals surface area contributed by atoms with Crippen LogP contribution in [0.1, 0.15) is 25.7 Å². The molecule has 1 atom stereocenters. The van der Waals surface area contributed by atoms with Crippen molar-refractivity contribution in [1.82, 2.24) is 10.1 Å². The van der Waals surface area contributed by atoms with Gasteiger partial charge in [-0.3, -0.25) is 0 Å². The Morgan fingerprint density at radius 2 is 2.17 bits per heavy atom. The van der Waals surface area contributed by atoms with Gasteiger partial charge in [-0.05, 0) is 18.1 Å². The van der Waals surface area contributed by atoms with Gasteiger partial charge in [0.1, 0.15) is 0 Å². The SMILES string of the molecule is CC(C)C(CN)c1nc(-c2cccc(Cl)c2)no1. The highest BCUT2D eigenvalue weighted by Crippen LogP contribution is 2.25. The molecule has 0 aliphatic carbocycles. The van der Waals surface area contributed by atoms with Gasteiger partial charge in [0.25, 0.3) is 0 Å². The summed E-state index contributed by atoms with van der Waals surface area (Å²) in [6, 6.07) is 7.37. The molecule has 0 saturated heterocycles. The quantitative estimate of drug-likeness (QED) is 0.923. The third-order valence-electron chi connectivity index (χ3n) is 2.90. The molecule has 0 aliphatic heterocycles. The van der Waals surface area contributed by atoms with E-state index in [4.69, 9.17) is 21.9 Å². The fraction of sp³-hybridized carbons (Fsp3) is 0.385. The Balaban J connectivity index is 2.30. The summed E-state index contributed by atoms with van der Waals surface area (Å²) in [6.07, 6.45) is 0. The molecule has 1 heterocycles. The molecule has 0 spiro atoms. The van der Waals surface area contributed by atoms with Gasteiger partial charge in [-0.25, -0.2) is 0 Å². The molecule has 0 amide bonds. The van der Waals surface area contributed by atoms with Crippen LogP contribution in [0.2, 0.25) is 5.02 Å². The van der Waals surface area contributed by atoms with E-state index >= 15 is 0 Å². The highest BCUT2D eigenvalue weighted by atomic mass is 35.5. The fourth-order valence-corrected chi connectivity index (χ4v) is 1.98. The van der Waals surface area contributed by atoms with E-state index in [2.05, 4.69) is 24.0 Å². The van der Waals surface area contributed by atoms with Crippen LogP contribution in [-0.2, 0) is 0 Å². The van der Waals surface area contributed by atoms with E-state index in [9.17, 15) is 0 Å². The van der Waals surface area contributed by atoms with Crippen molar-refractivity contribution in [2.75, 3.05) is 6.54 Å². The van der Waals surface area contributed by atoms with Gasteiger partial charge >= 0.3 is 0 Å². The molecular weight excluding hydrogens is 250 g/mol. The van der Waals surface area contributed by atoms with Crippen LogP contribution in [0.5, 0.6) is 0 Å². The zero-order valence-corrected chi connectivity index (χ0v) is 11.2. The monoisotopic (exact) mass is 265 g/mol. The molecule has 0 aliphatic rings. The third-order valence-corrected chi connectivity index (χ3v) is 3.14. The zero-order valence-electron chi connectivity index (χ0n) is 10.4. The van der Waals surface area contributed by atoms with Gasteiger partial charge in [0.2, 0.25) is 11.7 Å². The Morgan fingerprint density at radius 3 is 2.78 bits per heavy atom. The summed E-state index contributed by atoms with van der Waals surface area (Å²) in [5, 5.41) is 4.63. The van der Waals surface area contributed by atoms with E-state index in [1.807, 2.05) is 24.3 Å². The van der Waals surface area contributed by atoms with Gasteiger partial charge in [0.15, 0.2) is 0 Å². The van der Waals surface area contributed by atoms with Crippen molar-refractivity contribution in [3.8, 4) is 11.4 Å². The van der Waals surface area contributed by atoms with Gasteiger partial charge in [0.05, 0.1) is 5.92 Å². The number of nitrogens with zero attached hydrogens (tertiary/aromatic N) is 2. The van der Waals surface area contributed by atoms with Crippen molar-refractivity contribution in [3.05, 3.63) is 35.2 Å². The van der Waals surface area contributed by atoms with Crippen LogP contribution in [0.4, 0.5) is 0 Å². The molecule has 2 aromatic rings. The van der Waals surface area contributed by atoms with Gasteiger partial charge < -0.3 is 10.3 Å². The lowest BCUT2D eigenvalue weighted by atomic mass is 9.96. The Hall–Kier alpha value is -1.39. The molecule has 1 aromatic heterocycles. The summed E-state index contributed by atoms with van der Waals surface area (Å²) < 4.78 is 5.29. The Morgan fingerprint density at radius 1 is 1.39 bits per heavy atom. The van der Waals surface area contributed by atoms with E-state index in [0.717, 1.165) is 5.56 Å². The van der Waals surface area contributed by atoms with Crippen LogP contribution >= 0.6 is 11.6 Å². The Bertz CT molecular complexity index is 524. The Labute approximate surface area is 111 Å². The molecule has 0 fully saturated rings. The number of benzene rings is 1. The Kier molecular flexibility index (Phi) is 3.99. The summed E-state index contributed by atoms with van der Waals surface area (Å²) in [6.45, 7) is 4.66. The topological polar surface area (TPSA) is 64.9 Å². The van der Waals surface area contributed by atoms with E-state index in [1.165, 1.54) is 0 Å². The second-order valence-electron chi connectivity index (χ2n) is 4.55. The van der Waals surface area contributed by atoms with E-state index in [1.54, 1.807) is 0 Å². The normalized spacial score (nSPS) is 12.9. The number of hydrogen-bond acceptors (Lipinski definition) is 4. The van der Waals surface area contributed by atoms with Crippen LogP contribution in [0, 0.1) is 5.92 Å². The number of aromatic nitrogens is 2. The smallest absolute Gasteiger partial charge is 0.231 e. The molecule has 2 rings (SSSR count). The first-order valence-corrected chi connectivity index (χ1v) is 6.29. The molecule has 2 N–H and O–H groups in total. The minimum absolute atomic E-state index is 0.0884. The lowest BCUT2D eigenvalue weighted by Crippen LogP contribution is -2.18. The zero-order chi connectivity index (χ0) is 13.1. The second kappa shape index (κ2) is 5.50. The molecular formula is C13H16ClN3O. The summed E-state index contributed by atoms with van der Waals surface area (Å²) >= 11 is 5.94. The minimum Gasteiger partial charge on any atom is -0.339 e. The lowest BCUT2D eigenvalue weighted by Gasteiger charge is -2.13. The standard InChI is InChI=1S/C13H16ClN3O/c1-8(2)11(7-15)13-16-12(17-18-13)9-4-3-5-10(14)6-9/h3-6,8,11H,7,15H2,1-2H3. The van der Waals surface area contributed by atoms with Crippen LogP contribution in [0.25, 0.3) is 11.4 Å². The molecule has 5 heteroatoms.